The molecule has 0 radical (unpaired) electrons. The summed E-state index contributed by atoms with van der Waals surface area (Å²) < 4.78 is 0. The summed E-state index contributed by atoms with van der Waals surface area (Å²) in [6, 6.07) is 0. The van der Waals surface area contributed by atoms with E-state index in [9.17, 15) is 10.1 Å². The van der Waals surface area contributed by atoms with Crippen molar-refractivity contribution in [1.29, 1.82) is 0 Å². The van der Waals surface area contributed by atoms with Gasteiger partial charge in [0.05, 0.1) is 4.92 Å². The van der Waals surface area contributed by atoms with Gasteiger partial charge in [-0.3, -0.25) is 10.1 Å². The Morgan fingerprint density at radius 2 is 2.10 bits per heavy atom. The van der Waals surface area contributed by atoms with Crippen molar-refractivity contribution in [2.24, 2.45) is 11.8 Å². The molecule has 0 spiro atoms. The van der Waals surface area contributed by atoms with E-state index in [-0.39, 0.29) is 10.6 Å². The number of nitrogens with zero attached hydrogens (tertiary/aromatic N) is 4. The van der Waals surface area contributed by atoms with Crippen LogP contribution in [0.3, 0.4) is 0 Å². The predicted octanol–water partition coefficient (Wildman–Crippen LogP) is 2.69. The van der Waals surface area contributed by atoms with Gasteiger partial charge in [-0.15, -0.1) is 0 Å². The molecule has 1 aromatic rings. The van der Waals surface area contributed by atoms with Crippen LogP contribution in [0.1, 0.15) is 33.6 Å². The molecule has 0 amide bonds. The Bertz CT molecular complexity index is 498. The van der Waals surface area contributed by atoms with Crippen LogP contribution in [0.15, 0.2) is 6.33 Å². The van der Waals surface area contributed by atoms with E-state index in [2.05, 4.69) is 29.1 Å². The fraction of sp³-hybridized carbons (Fsp3) is 0.714. The fourth-order valence-electron chi connectivity index (χ4n) is 2.84. The van der Waals surface area contributed by atoms with E-state index >= 15 is 0 Å². The third-order valence-electron chi connectivity index (χ3n) is 4.11. The summed E-state index contributed by atoms with van der Waals surface area (Å²) in [5.41, 5.74) is -0.0117. The average molecular weight is 293 g/mol. The van der Waals surface area contributed by atoms with E-state index in [0.717, 1.165) is 25.9 Å². The van der Waals surface area contributed by atoms with Gasteiger partial charge in [0, 0.05) is 19.6 Å². The fourth-order valence-corrected chi connectivity index (χ4v) is 2.84. The van der Waals surface area contributed by atoms with E-state index in [4.69, 9.17) is 0 Å². The van der Waals surface area contributed by atoms with Gasteiger partial charge in [-0.25, -0.2) is 9.97 Å². The number of nitrogens with one attached hydrogen (secondary N) is 1. The first-order chi connectivity index (χ1) is 10.0. The summed E-state index contributed by atoms with van der Waals surface area (Å²) in [7, 11) is 0. The Labute approximate surface area is 124 Å². The molecule has 2 rings (SSSR count). The third kappa shape index (κ3) is 3.40. The lowest BCUT2D eigenvalue weighted by molar-refractivity contribution is -0.383. The van der Waals surface area contributed by atoms with E-state index in [0.29, 0.717) is 30.0 Å². The van der Waals surface area contributed by atoms with Crippen molar-refractivity contribution in [2.75, 3.05) is 29.9 Å². The van der Waals surface area contributed by atoms with Crippen molar-refractivity contribution in [1.82, 2.24) is 9.97 Å². The van der Waals surface area contributed by atoms with Gasteiger partial charge < -0.3 is 10.2 Å². The van der Waals surface area contributed by atoms with Crippen molar-refractivity contribution in [3.63, 3.8) is 0 Å². The van der Waals surface area contributed by atoms with Crippen molar-refractivity contribution in [2.45, 2.75) is 33.6 Å². The number of aromatic nitrogens is 2. The number of hydrogen-bond acceptors (Lipinski definition) is 6. The minimum absolute atomic E-state index is 0.0117. The number of nitro groups is 1. The van der Waals surface area contributed by atoms with Gasteiger partial charge in [0.15, 0.2) is 0 Å². The summed E-state index contributed by atoms with van der Waals surface area (Å²) in [5.74, 6) is 2.09. The highest BCUT2D eigenvalue weighted by Crippen LogP contribution is 2.35. The second-order valence-electron chi connectivity index (χ2n) is 5.75. The van der Waals surface area contributed by atoms with Gasteiger partial charge in [0.1, 0.15) is 6.33 Å². The topological polar surface area (TPSA) is 84.2 Å². The molecule has 0 unspecified atom stereocenters. The van der Waals surface area contributed by atoms with E-state index < -0.39 is 0 Å². The molecule has 1 aliphatic rings. The zero-order chi connectivity index (χ0) is 15.4. The van der Waals surface area contributed by atoms with Crippen LogP contribution in [0.5, 0.6) is 0 Å². The number of anilines is 2. The lowest BCUT2D eigenvalue weighted by Crippen LogP contribution is -2.36. The van der Waals surface area contributed by atoms with Crippen LogP contribution in [0.25, 0.3) is 0 Å². The molecule has 116 valence electrons. The summed E-state index contributed by atoms with van der Waals surface area (Å²) >= 11 is 0. The second kappa shape index (κ2) is 6.69. The zero-order valence-corrected chi connectivity index (χ0v) is 12.9. The molecule has 21 heavy (non-hydrogen) atoms. The SMILES string of the molecule is CCNc1ncnc(N2CCC(C(C)C)CC2)c1[N+](=O)[O-]. The van der Waals surface area contributed by atoms with Gasteiger partial charge in [0.2, 0.25) is 11.6 Å². The molecule has 1 N–H and O–H groups in total. The van der Waals surface area contributed by atoms with Gasteiger partial charge in [-0.1, -0.05) is 13.8 Å². The molecular weight excluding hydrogens is 270 g/mol. The summed E-state index contributed by atoms with van der Waals surface area (Å²) in [6.07, 6.45) is 3.50. The summed E-state index contributed by atoms with van der Waals surface area (Å²) in [5, 5.41) is 14.3. The standard InChI is InChI=1S/C14H23N5O2/c1-4-15-13-12(19(20)21)14(17-9-16-13)18-7-5-11(6-8-18)10(2)3/h9-11H,4-8H2,1-3H3,(H,15,16,17). The number of hydrogen-bond donors (Lipinski definition) is 1. The normalized spacial score (nSPS) is 16.3. The maximum absolute atomic E-state index is 11.4. The van der Waals surface area contributed by atoms with Crippen molar-refractivity contribution in [3.05, 3.63) is 16.4 Å². The second-order valence-corrected chi connectivity index (χ2v) is 5.75. The summed E-state index contributed by atoms with van der Waals surface area (Å²) in [6.45, 7) is 8.57. The molecule has 2 heterocycles. The maximum atomic E-state index is 11.4. The highest BCUT2D eigenvalue weighted by molar-refractivity contribution is 5.70. The third-order valence-corrected chi connectivity index (χ3v) is 4.11. The molecular formula is C14H23N5O2. The largest absolute Gasteiger partial charge is 0.364 e. The predicted molar refractivity (Wildman–Crippen MR) is 82.6 cm³/mol. The quantitative estimate of drug-likeness (QED) is 0.663. The van der Waals surface area contributed by atoms with E-state index in [1.54, 1.807) is 0 Å². The molecule has 1 saturated heterocycles. The molecule has 0 atom stereocenters. The monoisotopic (exact) mass is 293 g/mol. The molecule has 0 aliphatic carbocycles. The first-order valence-corrected chi connectivity index (χ1v) is 7.52. The molecule has 7 heteroatoms. The first kappa shape index (κ1) is 15.5. The van der Waals surface area contributed by atoms with Crippen molar-refractivity contribution in [3.8, 4) is 0 Å². The van der Waals surface area contributed by atoms with Gasteiger partial charge in [0.25, 0.3) is 0 Å². The van der Waals surface area contributed by atoms with Gasteiger partial charge >= 0.3 is 5.69 Å². The van der Waals surface area contributed by atoms with Crippen LogP contribution in [-0.2, 0) is 0 Å². The molecule has 1 fully saturated rings. The average Bonchev–Trinajstić information content (AvgIpc) is 2.47. The van der Waals surface area contributed by atoms with Crippen LogP contribution < -0.4 is 10.2 Å². The van der Waals surface area contributed by atoms with Crippen LogP contribution in [0.2, 0.25) is 0 Å². The Morgan fingerprint density at radius 1 is 1.43 bits per heavy atom. The maximum Gasteiger partial charge on any atom is 0.353 e. The summed E-state index contributed by atoms with van der Waals surface area (Å²) in [4.78, 5) is 21.2. The lowest BCUT2D eigenvalue weighted by atomic mass is 9.87. The molecule has 7 nitrogen and oxygen atoms in total. The number of piperidine rings is 1. The van der Waals surface area contributed by atoms with E-state index in [1.807, 2.05) is 11.8 Å². The Hall–Kier alpha value is -1.92. The number of rotatable bonds is 5. The van der Waals surface area contributed by atoms with E-state index in [1.165, 1.54) is 6.33 Å². The Balaban J connectivity index is 2.24. The minimum Gasteiger partial charge on any atom is -0.364 e. The van der Waals surface area contributed by atoms with Crippen LogP contribution >= 0.6 is 0 Å². The van der Waals surface area contributed by atoms with Crippen molar-refractivity contribution >= 4 is 17.3 Å². The molecule has 1 aromatic heterocycles. The highest BCUT2D eigenvalue weighted by Gasteiger charge is 2.30. The smallest absolute Gasteiger partial charge is 0.353 e. The van der Waals surface area contributed by atoms with Crippen LogP contribution in [-0.4, -0.2) is 34.5 Å². The van der Waals surface area contributed by atoms with Gasteiger partial charge in [-0.2, -0.15) is 0 Å². The molecule has 0 bridgehead atoms. The van der Waals surface area contributed by atoms with Gasteiger partial charge in [-0.05, 0) is 31.6 Å². The lowest BCUT2D eigenvalue weighted by Gasteiger charge is -2.34. The van der Waals surface area contributed by atoms with Crippen molar-refractivity contribution < 1.29 is 4.92 Å². The highest BCUT2D eigenvalue weighted by atomic mass is 16.6. The minimum atomic E-state index is -0.387. The first-order valence-electron chi connectivity index (χ1n) is 7.52. The molecule has 0 aromatic carbocycles. The Morgan fingerprint density at radius 3 is 2.62 bits per heavy atom. The van der Waals surface area contributed by atoms with Crippen LogP contribution in [0.4, 0.5) is 17.3 Å². The van der Waals surface area contributed by atoms with Crippen LogP contribution in [0, 0.1) is 22.0 Å². The molecule has 1 aliphatic heterocycles. The Kier molecular flexibility index (Phi) is 4.93. The molecule has 0 saturated carbocycles. The zero-order valence-electron chi connectivity index (χ0n) is 12.9.